The van der Waals surface area contributed by atoms with Crippen LogP contribution in [-0.4, -0.2) is 32.9 Å². The van der Waals surface area contributed by atoms with Gasteiger partial charge in [-0.05, 0) is 42.8 Å². The SMILES string of the molecule is CCOC(=O)/C(C#N)=C/c1ccc(OCCOc2cccc(OC)c2)cc1. The van der Waals surface area contributed by atoms with Gasteiger partial charge in [0.1, 0.15) is 42.1 Å². The molecule has 0 unspecified atom stereocenters. The van der Waals surface area contributed by atoms with E-state index in [0.717, 1.165) is 5.75 Å². The molecule has 2 rings (SSSR count). The molecule has 0 aromatic heterocycles. The van der Waals surface area contributed by atoms with Crippen LogP contribution in [0.15, 0.2) is 54.1 Å². The maximum absolute atomic E-state index is 11.6. The minimum atomic E-state index is -0.630. The molecule has 0 bridgehead atoms. The van der Waals surface area contributed by atoms with E-state index in [4.69, 9.17) is 24.2 Å². The molecule has 0 fully saturated rings. The molecule has 0 aliphatic carbocycles. The lowest BCUT2D eigenvalue weighted by Crippen LogP contribution is -2.09. The quantitative estimate of drug-likeness (QED) is 0.292. The number of nitriles is 1. The Morgan fingerprint density at radius 3 is 2.33 bits per heavy atom. The van der Waals surface area contributed by atoms with Gasteiger partial charge in [-0.25, -0.2) is 4.79 Å². The lowest BCUT2D eigenvalue weighted by molar-refractivity contribution is -0.137. The first-order chi connectivity index (χ1) is 13.2. The van der Waals surface area contributed by atoms with Crippen molar-refractivity contribution < 1.29 is 23.7 Å². The monoisotopic (exact) mass is 367 g/mol. The molecule has 27 heavy (non-hydrogen) atoms. The summed E-state index contributed by atoms with van der Waals surface area (Å²) in [5.74, 6) is 1.48. The highest BCUT2D eigenvalue weighted by Gasteiger charge is 2.09. The number of methoxy groups -OCH3 is 1. The number of rotatable bonds is 9. The third kappa shape index (κ3) is 6.40. The molecule has 0 saturated carbocycles. The van der Waals surface area contributed by atoms with Crippen molar-refractivity contribution in [3.63, 3.8) is 0 Å². The van der Waals surface area contributed by atoms with Gasteiger partial charge in [0, 0.05) is 6.07 Å². The van der Waals surface area contributed by atoms with Crippen LogP contribution in [0.2, 0.25) is 0 Å². The normalized spacial score (nSPS) is 10.6. The molecular formula is C21H21NO5. The smallest absolute Gasteiger partial charge is 0.348 e. The van der Waals surface area contributed by atoms with E-state index >= 15 is 0 Å². The van der Waals surface area contributed by atoms with Crippen LogP contribution < -0.4 is 14.2 Å². The lowest BCUT2D eigenvalue weighted by Gasteiger charge is -2.09. The summed E-state index contributed by atoms with van der Waals surface area (Å²) in [7, 11) is 1.60. The highest BCUT2D eigenvalue weighted by molar-refractivity contribution is 5.97. The van der Waals surface area contributed by atoms with Crippen molar-refractivity contribution in [1.29, 1.82) is 5.26 Å². The predicted octanol–water partition coefficient (Wildman–Crippen LogP) is 3.62. The Kier molecular flexibility index (Phi) is 7.73. The van der Waals surface area contributed by atoms with Crippen molar-refractivity contribution in [3.8, 4) is 23.3 Å². The van der Waals surface area contributed by atoms with Crippen molar-refractivity contribution in [3.05, 3.63) is 59.7 Å². The first kappa shape index (κ1) is 19.9. The molecule has 0 amide bonds. The Hall–Kier alpha value is -3.46. The van der Waals surface area contributed by atoms with Gasteiger partial charge < -0.3 is 18.9 Å². The number of esters is 1. The van der Waals surface area contributed by atoms with Crippen molar-refractivity contribution in [2.75, 3.05) is 26.9 Å². The maximum atomic E-state index is 11.6. The second kappa shape index (κ2) is 10.5. The Bertz CT molecular complexity index is 821. The molecule has 0 N–H and O–H groups in total. The Morgan fingerprint density at radius 1 is 1.04 bits per heavy atom. The maximum Gasteiger partial charge on any atom is 0.348 e. The number of ether oxygens (including phenoxy) is 4. The zero-order chi connectivity index (χ0) is 19.5. The minimum Gasteiger partial charge on any atom is -0.497 e. The van der Waals surface area contributed by atoms with E-state index in [1.54, 1.807) is 44.4 Å². The standard InChI is InChI=1S/C21H21NO5/c1-3-25-21(23)17(15-22)13-16-7-9-18(10-8-16)26-11-12-27-20-6-4-5-19(14-20)24-2/h4-10,13-14H,3,11-12H2,1-2H3/b17-13+. The van der Waals surface area contributed by atoms with Gasteiger partial charge in [0.2, 0.25) is 0 Å². The largest absolute Gasteiger partial charge is 0.497 e. The van der Waals surface area contributed by atoms with Gasteiger partial charge in [0.15, 0.2) is 0 Å². The molecule has 6 nitrogen and oxygen atoms in total. The van der Waals surface area contributed by atoms with Crippen LogP contribution in [-0.2, 0) is 9.53 Å². The Balaban J connectivity index is 1.85. The molecule has 140 valence electrons. The molecule has 0 aliphatic heterocycles. The summed E-state index contributed by atoms with van der Waals surface area (Å²) in [6, 6.07) is 16.2. The van der Waals surface area contributed by atoms with Crippen molar-refractivity contribution in [2.24, 2.45) is 0 Å². The van der Waals surface area contributed by atoms with Gasteiger partial charge >= 0.3 is 5.97 Å². The van der Waals surface area contributed by atoms with Crippen molar-refractivity contribution >= 4 is 12.0 Å². The van der Waals surface area contributed by atoms with E-state index in [0.29, 0.717) is 30.3 Å². The summed E-state index contributed by atoms with van der Waals surface area (Å²) in [6.45, 7) is 2.68. The molecule has 2 aromatic carbocycles. The van der Waals surface area contributed by atoms with Crippen LogP contribution >= 0.6 is 0 Å². The van der Waals surface area contributed by atoms with E-state index < -0.39 is 5.97 Å². The van der Waals surface area contributed by atoms with Crippen LogP contribution in [0.3, 0.4) is 0 Å². The van der Waals surface area contributed by atoms with Crippen molar-refractivity contribution in [2.45, 2.75) is 6.92 Å². The fourth-order valence-electron chi connectivity index (χ4n) is 2.18. The van der Waals surface area contributed by atoms with Gasteiger partial charge in [0.25, 0.3) is 0 Å². The van der Waals surface area contributed by atoms with Gasteiger partial charge in [-0.15, -0.1) is 0 Å². The minimum absolute atomic E-state index is 0.0443. The molecule has 0 radical (unpaired) electrons. The fraction of sp³-hybridized carbons (Fsp3) is 0.238. The third-order valence-corrected chi connectivity index (χ3v) is 3.47. The van der Waals surface area contributed by atoms with Crippen LogP contribution in [0.4, 0.5) is 0 Å². The van der Waals surface area contributed by atoms with E-state index in [1.165, 1.54) is 6.08 Å². The second-order valence-corrected chi connectivity index (χ2v) is 5.34. The number of carbonyl (C=O) groups excluding carboxylic acids is 1. The average Bonchev–Trinajstić information content (AvgIpc) is 2.70. The lowest BCUT2D eigenvalue weighted by atomic mass is 10.1. The van der Waals surface area contributed by atoms with Gasteiger partial charge in [-0.1, -0.05) is 18.2 Å². The number of benzene rings is 2. The predicted molar refractivity (Wildman–Crippen MR) is 101 cm³/mol. The summed E-state index contributed by atoms with van der Waals surface area (Å²) < 4.78 is 21.2. The molecule has 0 aliphatic rings. The summed E-state index contributed by atoms with van der Waals surface area (Å²) >= 11 is 0. The fourth-order valence-corrected chi connectivity index (χ4v) is 2.18. The number of hydrogen-bond acceptors (Lipinski definition) is 6. The van der Waals surface area contributed by atoms with E-state index in [2.05, 4.69) is 0 Å². The third-order valence-electron chi connectivity index (χ3n) is 3.47. The van der Waals surface area contributed by atoms with Gasteiger partial charge in [-0.3, -0.25) is 0 Å². The van der Waals surface area contributed by atoms with E-state index in [-0.39, 0.29) is 12.2 Å². The van der Waals surface area contributed by atoms with Crippen LogP contribution in [0.1, 0.15) is 12.5 Å². The molecule has 0 saturated heterocycles. The first-order valence-electron chi connectivity index (χ1n) is 8.45. The van der Waals surface area contributed by atoms with Crippen LogP contribution in [0.25, 0.3) is 6.08 Å². The van der Waals surface area contributed by atoms with E-state index in [9.17, 15) is 4.79 Å². The topological polar surface area (TPSA) is 77.8 Å². The molecule has 6 heteroatoms. The Labute approximate surface area is 158 Å². The number of nitrogens with zero attached hydrogens (tertiary/aromatic N) is 1. The summed E-state index contributed by atoms with van der Waals surface area (Å²) in [4.78, 5) is 11.6. The first-order valence-corrected chi connectivity index (χ1v) is 8.45. The Morgan fingerprint density at radius 2 is 1.70 bits per heavy atom. The van der Waals surface area contributed by atoms with Crippen LogP contribution in [0.5, 0.6) is 17.2 Å². The van der Waals surface area contributed by atoms with Gasteiger partial charge in [-0.2, -0.15) is 5.26 Å². The van der Waals surface area contributed by atoms with E-state index in [1.807, 2.05) is 24.3 Å². The molecule has 2 aromatic rings. The summed E-state index contributed by atoms with van der Waals surface area (Å²) in [6.07, 6.45) is 1.48. The molecule has 0 spiro atoms. The summed E-state index contributed by atoms with van der Waals surface area (Å²) in [5.41, 5.74) is 0.664. The number of carbonyl (C=O) groups is 1. The van der Waals surface area contributed by atoms with Gasteiger partial charge in [0.05, 0.1) is 13.7 Å². The summed E-state index contributed by atoms with van der Waals surface area (Å²) in [5, 5.41) is 9.04. The molecule has 0 atom stereocenters. The molecular weight excluding hydrogens is 346 g/mol. The zero-order valence-electron chi connectivity index (χ0n) is 15.3. The average molecular weight is 367 g/mol. The zero-order valence-corrected chi connectivity index (χ0v) is 15.3. The molecule has 0 heterocycles. The number of hydrogen-bond donors (Lipinski definition) is 0. The van der Waals surface area contributed by atoms with Crippen LogP contribution in [0, 0.1) is 11.3 Å². The highest BCUT2D eigenvalue weighted by Crippen LogP contribution is 2.19. The second-order valence-electron chi connectivity index (χ2n) is 5.34. The highest BCUT2D eigenvalue weighted by atomic mass is 16.5. The van der Waals surface area contributed by atoms with Crippen molar-refractivity contribution in [1.82, 2.24) is 0 Å².